The number of hydrogen-bond acceptors (Lipinski definition) is 3. The van der Waals surface area contributed by atoms with Crippen LogP contribution in [-0.4, -0.2) is 31.1 Å². The summed E-state index contributed by atoms with van der Waals surface area (Å²) in [6, 6.07) is 4.42. The van der Waals surface area contributed by atoms with E-state index >= 15 is 0 Å². The quantitative estimate of drug-likeness (QED) is 0.887. The summed E-state index contributed by atoms with van der Waals surface area (Å²) in [4.78, 5) is 2.47. The first kappa shape index (κ1) is 14.4. The number of hydrogen-bond donors (Lipinski definition) is 1. The summed E-state index contributed by atoms with van der Waals surface area (Å²) in [5, 5.41) is 0. The average molecular weight is 262 g/mol. The second kappa shape index (κ2) is 6.40. The molecule has 1 aliphatic rings. The van der Waals surface area contributed by atoms with Crippen LogP contribution < -0.4 is 10.5 Å². The molecule has 1 aliphatic heterocycles. The molecule has 106 valence electrons. The fourth-order valence-corrected chi connectivity index (χ4v) is 2.86. The summed E-state index contributed by atoms with van der Waals surface area (Å²) < 4.78 is 5.63. The average Bonchev–Trinajstić information content (AvgIpc) is 2.86. The van der Waals surface area contributed by atoms with Gasteiger partial charge in [0.15, 0.2) is 0 Å². The lowest BCUT2D eigenvalue weighted by Gasteiger charge is -2.23. The van der Waals surface area contributed by atoms with Crippen molar-refractivity contribution >= 4 is 0 Å². The van der Waals surface area contributed by atoms with Crippen LogP contribution in [0.1, 0.15) is 42.5 Å². The second-order valence-electron chi connectivity index (χ2n) is 5.52. The van der Waals surface area contributed by atoms with Gasteiger partial charge in [-0.15, -0.1) is 0 Å². The molecule has 1 aromatic carbocycles. The van der Waals surface area contributed by atoms with Gasteiger partial charge < -0.3 is 15.4 Å². The third-order valence-corrected chi connectivity index (χ3v) is 3.92. The lowest BCUT2D eigenvalue weighted by molar-refractivity contribution is 0.315. The van der Waals surface area contributed by atoms with E-state index in [1.54, 1.807) is 0 Å². The van der Waals surface area contributed by atoms with E-state index in [0.717, 1.165) is 12.3 Å². The molecule has 1 atom stereocenters. The molecule has 1 fully saturated rings. The van der Waals surface area contributed by atoms with E-state index in [2.05, 4.69) is 30.9 Å². The summed E-state index contributed by atoms with van der Waals surface area (Å²) in [7, 11) is 0. The van der Waals surface area contributed by atoms with E-state index < -0.39 is 0 Å². The molecular weight excluding hydrogens is 236 g/mol. The van der Waals surface area contributed by atoms with Crippen molar-refractivity contribution < 1.29 is 4.74 Å². The maximum Gasteiger partial charge on any atom is 0.122 e. The van der Waals surface area contributed by atoms with E-state index in [-0.39, 0.29) is 6.04 Å². The van der Waals surface area contributed by atoms with E-state index in [0.29, 0.717) is 6.61 Å². The minimum absolute atomic E-state index is 0.104. The zero-order valence-corrected chi connectivity index (χ0v) is 12.4. The Bertz CT molecular complexity index is 425. The van der Waals surface area contributed by atoms with Crippen molar-refractivity contribution in [2.45, 2.75) is 39.7 Å². The Hall–Kier alpha value is -1.06. The first-order valence-corrected chi connectivity index (χ1v) is 7.33. The van der Waals surface area contributed by atoms with Crippen molar-refractivity contribution in [3.8, 4) is 5.75 Å². The van der Waals surface area contributed by atoms with Crippen LogP contribution in [0.3, 0.4) is 0 Å². The van der Waals surface area contributed by atoms with Gasteiger partial charge >= 0.3 is 0 Å². The number of ether oxygens (including phenoxy) is 1. The SMILES string of the molecule is CCOc1cc(C)c(C(N)CN2CCCC2)cc1C. The molecule has 0 aromatic heterocycles. The third kappa shape index (κ3) is 3.48. The summed E-state index contributed by atoms with van der Waals surface area (Å²) in [5.74, 6) is 0.983. The van der Waals surface area contributed by atoms with Gasteiger partial charge in [-0.2, -0.15) is 0 Å². The van der Waals surface area contributed by atoms with Gasteiger partial charge in [0.1, 0.15) is 5.75 Å². The predicted octanol–water partition coefficient (Wildman–Crippen LogP) is 2.80. The lowest BCUT2D eigenvalue weighted by Crippen LogP contribution is -2.30. The van der Waals surface area contributed by atoms with Gasteiger partial charge in [0, 0.05) is 12.6 Å². The molecule has 19 heavy (non-hydrogen) atoms. The molecule has 0 aliphatic carbocycles. The highest BCUT2D eigenvalue weighted by atomic mass is 16.5. The predicted molar refractivity (Wildman–Crippen MR) is 79.7 cm³/mol. The topological polar surface area (TPSA) is 38.5 Å². The Morgan fingerprint density at radius 3 is 2.53 bits per heavy atom. The van der Waals surface area contributed by atoms with E-state index in [9.17, 15) is 0 Å². The number of rotatable bonds is 5. The third-order valence-electron chi connectivity index (χ3n) is 3.92. The number of benzene rings is 1. The molecule has 0 bridgehead atoms. The summed E-state index contributed by atoms with van der Waals surface area (Å²) in [6.45, 7) is 10.3. The van der Waals surface area contributed by atoms with E-state index in [4.69, 9.17) is 10.5 Å². The molecule has 2 N–H and O–H groups in total. The van der Waals surface area contributed by atoms with Crippen molar-refractivity contribution in [1.82, 2.24) is 4.90 Å². The highest BCUT2D eigenvalue weighted by Crippen LogP contribution is 2.27. The van der Waals surface area contributed by atoms with Gasteiger partial charge in [-0.25, -0.2) is 0 Å². The summed E-state index contributed by atoms with van der Waals surface area (Å²) >= 11 is 0. The summed E-state index contributed by atoms with van der Waals surface area (Å²) in [5.41, 5.74) is 10.1. The molecule has 1 aromatic rings. The van der Waals surface area contributed by atoms with Crippen LogP contribution in [0.15, 0.2) is 12.1 Å². The highest BCUT2D eigenvalue weighted by Gasteiger charge is 2.18. The van der Waals surface area contributed by atoms with Gasteiger partial charge in [-0.3, -0.25) is 0 Å². The van der Waals surface area contributed by atoms with Crippen LogP contribution in [0.25, 0.3) is 0 Å². The van der Waals surface area contributed by atoms with Crippen LogP contribution in [0, 0.1) is 13.8 Å². The number of likely N-dealkylation sites (tertiary alicyclic amines) is 1. The molecular formula is C16H26N2O. The number of nitrogens with zero attached hydrogens (tertiary/aromatic N) is 1. The van der Waals surface area contributed by atoms with Crippen LogP contribution >= 0.6 is 0 Å². The van der Waals surface area contributed by atoms with Crippen molar-refractivity contribution in [3.05, 3.63) is 28.8 Å². The Labute approximate surface area is 116 Å². The van der Waals surface area contributed by atoms with Crippen molar-refractivity contribution in [2.24, 2.45) is 5.73 Å². The Morgan fingerprint density at radius 1 is 1.21 bits per heavy atom. The van der Waals surface area contributed by atoms with Crippen molar-refractivity contribution in [3.63, 3.8) is 0 Å². The van der Waals surface area contributed by atoms with Gasteiger partial charge in [-0.05, 0) is 69.5 Å². The Kier molecular flexibility index (Phi) is 4.83. The van der Waals surface area contributed by atoms with E-state index in [1.165, 1.54) is 42.6 Å². The monoisotopic (exact) mass is 262 g/mol. The standard InChI is InChI=1S/C16H26N2O/c1-4-19-16-10-12(2)14(9-13(16)3)15(17)11-18-7-5-6-8-18/h9-10,15H,4-8,11,17H2,1-3H3. The molecule has 3 heteroatoms. The van der Waals surface area contributed by atoms with Crippen molar-refractivity contribution in [2.75, 3.05) is 26.2 Å². The molecule has 1 heterocycles. The fourth-order valence-electron chi connectivity index (χ4n) is 2.86. The maximum absolute atomic E-state index is 6.39. The largest absolute Gasteiger partial charge is 0.494 e. The fraction of sp³-hybridized carbons (Fsp3) is 0.625. The van der Waals surface area contributed by atoms with Gasteiger partial charge in [0.2, 0.25) is 0 Å². The van der Waals surface area contributed by atoms with Crippen LogP contribution in [0.2, 0.25) is 0 Å². The van der Waals surface area contributed by atoms with Crippen LogP contribution in [0.4, 0.5) is 0 Å². The molecule has 0 spiro atoms. The highest BCUT2D eigenvalue weighted by molar-refractivity contribution is 5.43. The van der Waals surface area contributed by atoms with Crippen molar-refractivity contribution in [1.29, 1.82) is 0 Å². The second-order valence-corrected chi connectivity index (χ2v) is 5.52. The first-order valence-electron chi connectivity index (χ1n) is 7.33. The number of aryl methyl sites for hydroxylation is 2. The number of nitrogens with two attached hydrogens (primary N) is 1. The molecule has 0 saturated carbocycles. The molecule has 1 saturated heterocycles. The molecule has 3 nitrogen and oxygen atoms in total. The minimum Gasteiger partial charge on any atom is -0.494 e. The van der Waals surface area contributed by atoms with Crippen LogP contribution in [-0.2, 0) is 0 Å². The molecule has 0 amide bonds. The normalized spacial score (nSPS) is 17.7. The van der Waals surface area contributed by atoms with Gasteiger partial charge in [0.25, 0.3) is 0 Å². The summed E-state index contributed by atoms with van der Waals surface area (Å²) in [6.07, 6.45) is 2.63. The molecule has 1 unspecified atom stereocenters. The first-order chi connectivity index (χ1) is 9.11. The minimum atomic E-state index is 0.104. The van der Waals surface area contributed by atoms with E-state index in [1.807, 2.05) is 6.92 Å². The lowest BCUT2D eigenvalue weighted by atomic mass is 9.98. The maximum atomic E-state index is 6.39. The zero-order chi connectivity index (χ0) is 13.8. The smallest absolute Gasteiger partial charge is 0.122 e. The molecule has 2 rings (SSSR count). The van der Waals surface area contributed by atoms with Crippen LogP contribution in [0.5, 0.6) is 5.75 Å². The van der Waals surface area contributed by atoms with Gasteiger partial charge in [-0.1, -0.05) is 6.07 Å². The Balaban J connectivity index is 2.12. The zero-order valence-electron chi connectivity index (χ0n) is 12.4. The Morgan fingerprint density at radius 2 is 1.89 bits per heavy atom. The van der Waals surface area contributed by atoms with Gasteiger partial charge in [0.05, 0.1) is 6.61 Å². The molecule has 0 radical (unpaired) electrons.